The highest BCUT2D eigenvalue weighted by Gasteiger charge is 2.40. The number of hydrogen-bond donors (Lipinski definition) is 3. The fraction of sp³-hybridized carbons (Fsp3) is 0.341. The van der Waals surface area contributed by atoms with Gasteiger partial charge in [-0.25, -0.2) is 0 Å². The number of aliphatic hydroxyl groups is 1. The molecule has 3 N–H and O–H groups in total. The van der Waals surface area contributed by atoms with Crippen molar-refractivity contribution in [1.82, 2.24) is 14.8 Å². The van der Waals surface area contributed by atoms with Gasteiger partial charge in [0.15, 0.2) is 0 Å². The quantitative estimate of drug-likeness (QED) is 0.133. The summed E-state index contributed by atoms with van der Waals surface area (Å²) in [6, 6.07) is 13.6. The molecule has 2 saturated heterocycles. The molecule has 3 aromatic rings. The summed E-state index contributed by atoms with van der Waals surface area (Å²) < 4.78 is 0. The second-order valence-corrected chi connectivity index (χ2v) is 14.2. The van der Waals surface area contributed by atoms with E-state index in [1.165, 1.54) is 0 Å². The number of nitrogens with zero attached hydrogens (tertiary/aromatic N) is 5. The van der Waals surface area contributed by atoms with Gasteiger partial charge in [0.2, 0.25) is 5.91 Å². The molecule has 0 spiro atoms. The van der Waals surface area contributed by atoms with Crippen molar-refractivity contribution in [2.75, 3.05) is 44.6 Å². The van der Waals surface area contributed by atoms with Crippen LogP contribution in [0.3, 0.4) is 0 Å². The van der Waals surface area contributed by atoms with Crippen LogP contribution < -0.4 is 5.32 Å². The maximum Gasteiger partial charge on any atom is 0.310 e. The van der Waals surface area contributed by atoms with Crippen molar-refractivity contribution in [3.05, 3.63) is 105 Å². The zero-order valence-corrected chi connectivity index (χ0v) is 30.7. The molecule has 2 fully saturated rings. The molecule has 0 saturated carbocycles. The minimum Gasteiger partial charge on any atom is -0.481 e. The standard InChI is InChI=1S/C41H45ClN6O4/c1-5-7-29(23-47-16-13-32(49)25-47)21-44-22-39(50)46-37-9-6-8-33(28(37)3)34-12-15-45-38(35(34)20-43)11-10-30-18-27(2)31(19-36(30)42)24-48-17-14-41(4,26-48)40(51)52/h5-12,15,18-19,21,32,49H,1,13-14,16-17,22-26H2,2-4H3,(H,46,50)(H,51,52)/b11-10+,29-7+,44-21-. The lowest BCUT2D eigenvalue weighted by Crippen LogP contribution is -2.31. The van der Waals surface area contributed by atoms with Crippen molar-refractivity contribution in [1.29, 1.82) is 5.26 Å². The lowest BCUT2D eigenvalue weighted by atomic mass is 9.90. The average molecular weight is 721 g/mol. The van der Waals surface area contributed by atoms with Gasteiger partial charge in [-0.3, -0.25) is 29.4 Å². The highest BCUT2D eigenvalue weighted by atomic mass is 35.5. The van der Waals surface area contributed by atoms with Gasteiger partial charge >= 0.3 is 5.97 Å². The van der Waals surface area contributed by atoms with Gasteiger partial charge in [-0.05, 0) is 97.8 Å². The molecule has 1 amide bonds. The number of carbonyl (C=O) groups excluding carboxylic acids is 1. The number of hydrogen-bond acceptors (Lipinski definition) is 8. The van der Waals surface area contributed by atoms with Gasteiger partial charge < -0.3 is 15.5 Å². The van der Waals surface area contributed by atoms with Crippen LogP contribution in [0.25, 0.3) is 23.3 Å². The Kier molecular flexibility index (Phi) is 12.6. The summed E-state index contributed by atoms with van der Waals surface area (Å²) >= 11 is 6.73. The molecule has 0 aliphatic carbocycles. The van der Waals surface area contributed by atoms with Gasteiger partial charge in [0, 0.05) is 61.4 Å². The fourth-order valence-electron chi connectivity index (χ4n) is 6.77. The monoisotopic (exact) mass is 720 g/mol. The van der Waals surface area contributed by atoms with Crippen LogP contribution in [0.4, 0.5) is 5.69 Å². The molecule has 0 radical (unpaired) electrons. The van der Waals surface area contributed by atoms with Crippen molar-refractivity contribution in [3.8, 4) is 17.2 Å². The summed E-state index contributed by atoms with van der Waals surface area (Å²) in [4.78, 5) is 37.8. The molecule has 2 aliphatic rings. The molecule has 3 heterocycles. The normalized spacial score (nSPS) is 19.8. The third kappa shape index (κ3) is 9.29. The van der Waals surface area contributed by atoms with Crippen LogP contribution in [-0.4, -0.2) is 88.5 Å². The van der Waals surface area contributed by atoms with Gasteiger partial charge in [-0.15, -0.1) is 0 Å². The Morgan fingerprint density at radius 1 is 1.19 bits per heavy atom. The van der Waals surface area contributed by atoms with Crippen molar-refractivity contribution in [3.63, 3.8) is 0 Å². The van der Waals surface area contributed by atoms with Gasteiger partial charge in [-0.2, -0.15) is 5.26 Å². The number of β-amino-alcohol motifs (C(OH)–C–C–N with tert-alkyl or cyclic N) is 1. The van der Waals surface area contributed by atoms with Gasteiger partial charge in [0.1, 0.15) is 12.6 Å². The molecule has 0 bridgehead atoms. The first-order chi connectivity index (χ1) is 24.9. The second kappa shape index (κ2) is 17.1. The third-order valence-corrected chi connectivity index (χ3v) is 10.1. The summed E-state index contributed by atoms with van der Waals surface area (Å²) in [7, 11) is 0. The van der Waals surface area contributed by atoms with Crippen LogP contribution in [0.2, 0.25) is 5.02 Å². The number of halogens is 1. The average Bonchev–Trinajstić information content (AvgIpc) is 3.71. The number of carbonyl (C=O) groups is 2. The summed E-state index contributed by atoms with van der Waals surface area (Å²) in [5.41, 5.74) is 6.78. The lowest BCUT2D eigenvalue weighted by molar-refractivity contribution is -0.147. The largest absolute Gasteiger partial charge is 0.481 e. The van der Waals surface area contributed by atoms with Crippen LogP contribution in [0.5, 0.6) is 0 Å². The maximum absolute atomic E-state index is 12.9. The molecule has 10 nitrogen and oxygen atoms in total. The summed E-state index contributed by atoms with van der Waals surface area (Å²) in [5.74, 6) is -1.04. The molecule has 2 atom stereocenters. The van der Waals surface area contributed by atoms with Gasteiger partial charge in [-0.1, -0.05) is 54.6 Å². The first kappa shape index (κ1) is 38.3. The number of allylic oxidation sites excluding steroid dienone is 2. The van der Waals surface area contributed by atoms with Crippen LogP contribution in [0.15, 0.2) is 71.9 Å². The fourth-order valence-corrected chi connectivity index (χ4v) is 7.01. The molecule has 2 unspecified atom stereocenters. The molecule has 1 aromatic heterocycles. The van der Waals surface area contributed by atoms with Crippen LogP contribution in [-0.2, 0) is 16.1 Å². The van der Waals surface area contributed by atoms with Gasteiger partial charge in [0.25, 0.3) is 0 Å². The number of rotatable bonds is 13. The Labute approximate surface area is 310 Å². The Bertz CT molecular complexity index is 1980. The van der Waals surface area contributed by atoms with E-state index in [0.29, 0.717) is 66.7 Å². The van der Waals surface area contributed by atoms with Crippen LogP contribution >= 0.6 is 11.6 Å². The Balaban J connectivity index is 1.28. The number of likely N-dealkylation sites (tertiary alicyclic amines) is 2. The molecular formula is C41H45ClN6O4. The minimum atomic E-state index is -0.769. The summed E-state index contributed by atoms with van der Waals surface area (Å²) in [5, 5.41) is 33.2. The number of pyridine rings is 1. The number of amides is 1. The number of aryl methyl sites for hydroxylation is 1. The lowest BCUT2D eigenvalue weighted by Gasteiger charge is -2.21. The van der Waals surface area contributed by atoms with E-state index in [4.69, 9.17) is 11.6 Å². The predicted octanol–water partition coefficient (Wildman–Crippen LogP) is 6.55. The van der Waals surface area contributed by atoms with Crippen molar-refractivity contribution in [2.45, 2.75) is 46.3 Å². The Hall–Kier alpha value is -4.92. The number of aromatic nitrogens is 1. The first-order valence-electron chi connectivity index (χ1n) is 17.3. The Morgan fingerprint density at radius 2 is 2.00 bits per heavy atom. The Morgan fingerprint density at radius 3 is 2.69 bits per heavy atom. The number of nitriles is 1. The number of aliphatic hydroxyl groups excluding tert-OH is 1. The molecule has 2 aromatic carbocycles. The van der Waals surface area contributed by atoms with E-state index < -0.39 is 11.4 Å². The first-order valence-corrected chi connectivity index (χ1v) is 17.7. The number of carboxylic acids is 1. The molecule has 270 valence electrons. The molecule has 2 aliphatic heterocycles. The van der Waals surface area contributed by atoms with Crippen molar-refractivity contribution >= 4 is 47.5 Å². The molecular weight excluding hydrogens is 676 g/mol. The summed E-state index contributed by atoms with van der Waals surface area (Å²) in [6.45, 7) is 13.3. The number of benzene rings is 2. The highest BCUT2D eigenvalue weighted by molar-refractivity contribution is 6.32. The van der Waals surface area contributed by atoms with E-state index in [9.17, 15) is 25.1 Å². The topological polar surface area (TPSA) is 142 Å². The van der Waals surface area contributed by atoms with Crippen molar-refractivity contribution < 1.29 is 19.8 Å². The number of carboxylic acid groups (broad SMARTS) is 1. The van der Waals surface area contributed by atoms with E-state index in [1.54, 1.807) is 37.6 Å². The molecule has 52 heavy (non-hydrogen) atoms. The number of nitrogens with one attached hydrogen (secondary N) is 1. The van der Waals surface area contributed by atoms with Gasteiger partial charge in [0.05, 0.1) is 22.8 Å². The van der Waals surface area contributed by atoms with Crippen LogP contribution in [0, 0.1) is 30.6 Å². The molecule has 5 rings (SSSR count). The van der Waals surface area contributed by atoms with E-state index >= 15 is 0 Å². The SMILES string of the molecule is C=C/C=C(\C=N/CC(=O)Nc1cccc(-c2ccnc(/C=C/c3cc(C)c(CN4CCC(C)(C(=O)O)C4)cc3Cl)c2C#N)c1C)CN1CCC(O)C1. The second-order valence-electron chi connectivity index (χ2n) is 13.8. The van der Waals surface area contributed by atoms with E-state index in [2.05, 4.69) is 37.7 Å². The van der Waals surface area contributed by atoms with E-state index in [1.807, 2.05) is 56.3 Å². The van der Waals surface area contributed by atoms with Crippen LogP contribution in [0.1, 0.15) is 53.3 Å². The van der Waals surface area contributed by atoms with Crippen molar-refractivity contribution in [2.24, 2.45) is 10.4 Å². The van der Waals surface area contributed by atoms with E-state index in [-0.39, 0.29) is 18.6 Å². The van der Waals surface area contributed by atoms with E-state index in [0.717, 1.165) is 46.4 Å². The summed E-state index contributed by atoms with van der Waals surface area (Å²) in [6.07, 6.45) is 11.5. The highest BCUT2D eigenvalue weighted by Crippen LogP contribution is 2.34. The zero-order chi connectivity index (χ0) is 37.4. The number of aliphatic imine (C=N–C) groups is 1. The minimum absolute atomic E-state index is 0.0696. The third-order valence-electron chi connectivity index (χ3n) is 9.81. The maximum atomic E-state index is 12.9. The smallest absolute Gasteiger partial charge is 0.310 e. The number of anilines is 1. The zero-order valence-electron chi connectivity index (χ0n) is 29.9. The molecule has 11 heteroatoms. The predicted molar refractivity (Wildman–Crippen MR) is 207 cm³/mol. The number of aliphatic carboxylic acids is 1.